The molecule has 0 saturated carbocycles. The molecular weight excluding hydrogens is 342 g/mol. The number of rotatable bonds is 7. The lowest BCUT2D eigenvalue weighted by molar-refractivity contribution is -0.133. The van der Waals surface area contributed by atoms with Crippen LogP contribution in [0.1, 0.15) is 12.8 Å². The van der Waals surface area contributed by atoms with Crippen LogP contribution in [0.3, 0.4) is 0 Å². The van der Waals surface area contributed by atoms with Crippen LogP contribution in [-0.2, 0) is 16.1 Å². The molecule has 27 heavy (non-hydrogen) atoms. The minimum atomic E-state index is 0.0995. The first kappa shape index (κ1) is 18.1. The number of fused-ring (bicyclic) bond motifs is 3. The number of ether oxygens (including phenoxy) is 1. The number of nitrogens with one attached hydrogen (secondary N) is 1. The Balaban J connectivity index is 1.36. The van der Waals surface area contributed by atoms with Gasteiger partial charge in [-0.2, -0.15) is 0 Å². The van der Waals surface area contributed by atoms with Crippen molar-refractivity contribution in [3.05, 3.63) is 36.5 Å². The van der Waals surface area contributed by atoms with Crippen LogP contribution >= 0.6 is 0 Å². The van der Waals surface area contributed by atoms with Gasteiger partial charge in [0.2, 0.25) is 5.91 Å². The van der Waals surface area contributed by atoms with E-state index in [9.17, 15) is 4.79 Å². The Bertz CT molecular complexity index is 763. The van der Waals surface area contributed by atoms with Gasteiger partial charge in [-0.05, 0) is 25.3 Å². The molecule has 3 saturated heterocycles. The van der Waals surface area contributed by atoms with Gasteiger partial charge in [-0.25, -0.2) is 0 Å². The lowest BCUT2D eigenvalue weighted by Crippen LogP contribution is -2.58. The van der Waals surface area contributed by atoms with Crippen molar-refractivity contribution >= 4 is 5.91 Å². The summed E-state index contributed by atoms with van der Waals surface area (Å²) in [6.07, 6.45) is 4.17. The van der Waals surface area contributed by atoms with Gasteiger partial charge in [0.05, 0.1) is 25.3 Å². The fourth-order valence-corrected chi connectivity index (χ4v) is 4.38. The van der Waals surface area contributed by atoms with Crippen LogP contribution in [0, 0.1) is 11.8 Å². The predicted molar refractivity (Wildman–Crippen MR) is 102 cm³/mol. The second kappa shape index (κ2) is 8.19. The molecule has 0 aliphatic carbocycles. The molecule has 2 bridgehead atoms. The molecule has 3 fully saturated rings. The highest BCUT2D eigenvalue weighted by Crippen LogP contribution is 2.37. The number of amides is 1. The fraction of sp³-hybridized carbons (Fsp3) is 0.550. The van der Waals surface area contributed by atoms with Crippen molar-refractivity contribution in [2.45, 2.75) is 25.4 Å². The van der Waals surface area contributed by atoms with E-state index in [2.05, 4.69) is 20.5 Å². The Morgan fingerprint density at radius 1 is 1.33 bits per heavy atom. The zero-order valence-corrected chi connectivity index (χ0v) is 15.8. The third-order valence-corrected chi connectivity index (χ3v) is 5.83. The van der Waals surface area contributed by atoms with E-state index in [0.717, 1.165) is 43.7 Å². The van der Waals surface area contributed by atoms with Crippen LogP contribution in [0.2, 0.25) is 0 Å². The van der Waals surface area contributed by atoms with E-state index >= 15 is 0 Å². The maximum atomic E-state index is 12.5. The van der Waals surface area contributed by atoms with Gasteiger partial charge in [-0.1, -0.05) is 35.5 Å². The van der Waals surface area contributed by atoms with Crippen molar-refractivity contribution in [2.75, 3.05) is 33.4 Å². The third kappa shape index (κ3) is 4.04. The maximum absolute atomic E-state index is 12.5. The molecular formula is C20H27N5O2. The minimum absolute atomic E-state index is 0.0995. The summed E-state index contributed by atoms with van der Waals surface area (Å²) in [4.78, 5) is 14.9. The second-order valence-corrected chi connectivity index (χ2v) is 7.52. The van der Waals surface area contributed by atoms with Gasteiger partial charge in [-0.3, -0.25) is 14.4 Å². The fourth-order valence-electron chi connectivity index (χ4n) is 4.38. The van der Waals surface area contributed by atoms with Crippen LogP contribution < -0.4 is 5.32 Å². The quantitative estimate of drug-likeness (QED) is 0.748. The molecule has 1 aromatic heterocycles. The normalized spacial score (nSPS) is 26.9. The van der Waals surface area contributed by atoms with Gasteiger partial charge < -0.3 is 10.1 Å². The van der Waals surface area contributed by atoms with Crippen LogP contribution in [0.4, 0.5) is 0 Å². The molecule has 0 radical (unpaired) electrons. The summed E-state index contributed by atoms with van der Waals surface area (Å²) in [5.74, 6) is 0.731. The molecule has 1 N–H and O–H groups in total. The highest BCUT2D eigenvalue weighted by Gasteiger charge is 2.43. The van der Waals surface area contributed by atoms with E-state index in [1.165, 1.54) is 0 Å². The number of nitrogens with zero attached hydrogens (tertiary/aromatic N) is 4. The third-order valence-electron chi connectivity index (χ3n) is 5.83. The Kier molecular flexibility index (Phi) is 5.50. The molecule has 2 aromatic rings. The zero-order valence-electron chi connectivity index (χ0n) is 15.8. The first-order valence-corrected chi connectivity index (χ1v) is 9.71. The molecule has 1 aromatic carbocycles. The Morgan fingerprint density at radius 2 is 2.19 bits per heavy atom. The van der Waals surface area contributed by atoms with Crippen molar-refractivity contribution < 1.29 is 9.53 Å². The molecule has 1 amide bonds. The smallest absolute Gasteiger partial charge is 0.224 e. The summed E-state index contributed by atoms with van der Waals surface area (Å²) in [6.45, 7) is 3.88. The maximum Gasteiger partial charge on any atom is 0.224 e. The molecule has 4 heterocycles. The number of carbonyl (C=O) groups excluding carboxylic acids is 1. The zero-order chi connectivity index (χ0) is 18.6. The highest BCUT2D eigenvalue weighted by atomic mass is 16.5. The average molecular weight is 369 g/mol. The minimum Gasteiger partial charge on any atom is -0.383 e. The summed E-state index contributed by atoms with van der Waals surface area (Å²) >= 11 is 0. The average Bonchev–Trinajstić information content (AvgIpc) is 3.18. The molecule has 3 aliphatic rings. The van der Waals surface area contributed by atoms with E-state index in [1.807, 2.05) is 41.2 Å². The van der Waals surface area contributed by atoms with Crippen LogP contribution in [0.25, 0.3) is 11.3 Å². The van der Waals surface area contributed by atoms with Gasteiger partial charge in [0.15, 0.2) is 0 Å². The van der Waals surface area contributed by atoms with Crippen molar-refractivity contribution in [3.63, 3.8) is 0 Å². The first-order chi connectivity index (χ1) is 13.2. The Labute approximate surface area is 159 Å². The standard InChI is InChI=1S/C20H27N5O2/c1-27-10-8-21-20(26)18-13-24-9-7-16(18)11-17(24)12-25-14-19(22-23-25)15-5-3-2-4-6-15/h2-6,14,16-18H,7-13H2,1H3,(H,21,26)/t16-,17-,18+/m1/s1. The number of hydrogen-bond donors (Lipinski definition) is 1. The van der Waals surface area contributed by atoms with E-state index in [0.29, 0.717) is 25.1 Å². The van der Waals surface area contributed by atoms with Crippen LogP contribution in [0.15, 0.2) is 36.5 Å². The van der Waals surface area contributed by atoms with Crippen LogP contribution in [-0.4, -0.2) is 65.2 Å². The Hall–Kier alpha value is -2.25. The summed E-state index contributed by atoms with van der Waals surface area (Å²) in [6, 6.07) is 10.6. The van der Waals surface area contributed by atoms with Crippen molar-refractivity contribution in [3.8, 4) is 11.3 Å². The molecule has 144 valence electrons. The molecule has 0 spiro atoms. The molecule has 5 rings (SSSR count). The lowest BCUT2D eigenvalue weighted by atomic mass is 9.75. The second-order valence-electron chi connectivity index (χ2n) is 7.52. The monoisotopic (exact) mass is 369 g/mol. The number of benzene rings is 1. The number of methoxy groups -OCH3 is 1. The number of hydrogen-bond acceptors (Lipinski definition) is 5. The van der Waals surface area contributed by atoms with E-state index in [1.54, 1.807) is 7.11 Å². The first-order valence-electron chi connectivity index (χ1n) is 9.71. The summed E-state index contributed by atoms with van der Waals surface area (Å²) in [7, 11) is 1.65. The van der Waals surface area contributed by atoms with E-state index in [4.69, 9.17) is 4.74 Å². The lowest BCUT2D eigenvalue weighted by Gasteiger charge is -2.49. The molecule has 7 heteroatoms. The molecule has 7 nitrogen and oxygen atoms in total. The summed E-state index contributed by atoms with van der Waals surface area (Å²) < 4.78 is 6.96. The molecule has 1 unspecified atom stereocenters. The van der Waals surface area contributed by atoms with Gasteiger partial charge in [-0.15, -0.1) is 5.10 Å². The highest BCUT2D eigenvalue weighted by molar-refractivity contribution is 5.79. The Morgan fingerprint density at radius 3 is 2.93 bits per heavy atom. The van der Waals surface area contributed by atoms with E-state index < -0.39 is 0 Å². The number of carbonyl (C=O) groups is 1. The number of aromatic nitrogens is 3. The summed E-state index contributed by atoms with van der Waals surface area (Å²) in [5, 5.41) is 11.6. The van der Waals surface area contributed by atoms with Gasteiger partial charge >= 0.3 is 0 Å². The number of piperidine rings is 3. The van der Waals surface area contributed by atoms with Crippen molar-refractivity contribution in [2.24, 2.45) is 11.8 Å². The summed E-state index contributed by atoms with van der Waals surface area (Å²) in [5.41, 5.74) is 1.99. The van der Waals surface area contributed by atoms with Crippen molar-refractivity contribution in [1.29, 1.82) is 0 Å². The van der Waals surface area contributed by atoms with Gasteiger partial charge in [0.1, 0.15) is 5.69 Å². The van der Waals surface area contributed by atoms with Gasteiger partial charge in [0, 0.05) is 31.8 Å². The van der Waals surface area contributed by atoms with Crippen molar-refractivity contribution in [1.82, 2.24) is 25.2 Å². The van der Waals surface area contributed by atoms with Gasteiger partial charge in [0.25, 0.3) is 0 Å². The topological polar surface area (TPSA) is 72.3 Å². The molecule has 3 aliphatic heterocycles. The SMILES string of the molecule is COCCNC(=O)[C@H]1CN2CC[C@@H]1C[C@@H]2Cn1cc(-c2ccccc2)nn1. The predicted octanol–water partition coefficient (Wildman–Crippen LogP) is 1.42. The van der Waals surface area contributed by atoms with Crippen LogP contribution in [0.5, 0.6) is 0 Å². The largest absolute Gasteiger partial charge is 0.383 e. The molecule has 4 atom stereocenters. The van der Waals surface area contributed by atoms with E-state index in [-0.39, 0.29) is 11.8 Å².